The van der Waals surface area contributed by atoms with Gasteiger partial charge in [0, 0.05) is 39.4 Å². The average Bonchev–Trinajstić information content (AvgIpc) is 2.96. The number of H-pyrrole nitrogens is 1. The van der Waals surface area contributed by atoms with Gasteiger partial charge in [-0.2, -0.15) is 0 Å². The number of carbonyl (C=O) groups is 1. The monoisotopic (exact) mass is 391 g/mol. The van der Waals surface area contributed by atoms with E-state index >= 15 is 0 Å². The summed E-state index contributed by atoms with van der Waals surface area (Å²) in [7, 11) is 0. The number of pyridine rings is 1. The summed E-state index contributed by atoms with van der Waals surface area (Å²) in [6.07, 6.45) is 3.17. The van der Waals surface area contributed by atoms with Crippen molar-refractivity contribution >= 4 is 38.4 Å². The highest BCUT2D eigenvalue weighted by atomic mass is 79.9. The summed E-state index contributed by atoms with van der Waals surface area (Å²) in [6.45, 7) is 1.64. The van der Waals surface area contributed by atoms with E-state index < -0.39 is 16.5 Å². The number of ketones is 1. The van der Waals surface area contributed by atoms with Crippen molar-refractivity contribution in [3.05, 3.63) is 67.7 Å². The summed E-state index contributed by atoms with van der Waals surface area (Å²) in [4.78, 5) is 30.4. The smallest absolute Gasteiger partial charge is 0.273 e. The first-order valence-electron chi connectivity index (χ1n) is 7.07. The van der Waals surface area contributed by atoms with E-state index in [2.05, 4.69) is 25.9 Å². The Morgan fingerprint density at radius 3 is 2.88 bits per heavy atom. The van der Waals surface area contributed by atoms with Gasteiger partial charge < -0.3 is 4.98 Å². The second-order valence-electron chi connectivity index (χ2n) is 5.11. The van der Waals surface area contributed by atoms with Gasteiger partial charge in [-0.25, -0.2) is 9.37 Å². The van der Waals surface area contributed by atoms with Crippen LogP contribution in [0.4, 0.5) is 10.1 Å². The average molecular weight is 392 g/mol. The molecule has 0 atom stereocenters. The molecule has 0 saturated carbocycles. The molecule has 3 aromatic rings. The van der Waals surface area contributed by atoms with Crippen molar-refractivity contribution in [2.75, 3.05) is 0 Å². The molecule has 0 aliphatic heterocycles. The molecule has 2 heterocycles. The number of nitro benzene ring substituents is 1. The summed E-state index contributed by atoms with van der Waals surface area (Å²) in [6, 6.07) is 3.72. The van der Waals surface area contributed by atoms with E-state index in [1.807, 2.05) is 0 Å². The van der Waals surface area contributed by atoms with E-state index in [9.17, 15) is 19.3 Å². The van der Waals surface area contributed by atoms with Crippen LogP contribution in [0.25, 0.3) is 11.0 Å². The lowest BCUT2D eigenvalue weighted by molar-refractivity contribution is -0.385. The first-order valence-corrected chi connectivity index (χ1v) is 7.86. The van der Waals surface area contributed by atoms with Crippen LogP contribution in [-0.4, -0.2) is 20.7 Å². The third-order valence-corrected chi connectivity index (χ3v) is 4.19. The van der Waals surface area contributed by atoms with Crippen LogP contribution in [0.3, 0.4) is 0 Å². The van der Waals surface area contributed by atoms with Crippen molar-refractivity contribution in [2.45, 2.75) is 13.3 Å². The molecule has 0 radical (unpaired) electrons. The Kier molecular flexibility index (Phi) is 4.15. The highest BCUT2D eigenvalue weighted by Crippen LogP contribution is 2.30. The molecule has 0 unspecified atom stereocenters. The van der Waals surface area contributed by atoms with Crippen molar-refractivity contribution in [3.63, 3.8) is 0 Å². The molecule has 0 saturated heterocycles. The molecule has 8 heteroatoms. The van der Waals surface area contributed by atoms with Gasteiger partial charge in [0.25, 0.3) is 5.69 Å². The van der Waals surface area contributed by atoms with Gasteiger partial charge in [0.15, 0.2) is 5.78 Å². The minimum absolute atomic E-state index is 0.0855. The largest absolute Gasteiger partial charge is 0.345 e. The minimum atomic E-state index is -0.778. The minimum Gasteiger partial charge on any atom is -0.345 e. The number of benzene rings is 1. The van der Waals surface area contributed by atoms with Gasteiger partial charge in [0.05, 0.1) is 10.5 Å². The molecule has 3 rings (SSSR count). The second kappa shape index (κ2) is 6.12. The number of halogens is 2. The SMILES string of the molecule is CCc1c([N+](=O)[O-])ccc(F)c1C(=O)c1c[nH]c2ncc(Br)cc12. The zero-order valence-corrected chi connectivity index (χ0v) is 14.1. The molecule has 0 amide bonds. The van der Waals surface area contributed by atoms with Crippen LogP contribution in [0.1, 0.15) is 28.4 Å². The molecule has 122 valence electrons. The van der Waals surface area contributed by atoms with Gasteiger partial charge in [0.2, 0.25) is 0 Å². The summed E-state index contributed by atoms with van der Waals surface area (Å²) < 4.78 is 15.0. The Hall–Kier alpha value is -2.61. The number of hydrogen-bond acceptors (Lipinski definition) is 4. The fourth-order valence-electron chi connectivity index (χ4n) is 2.68. The van der Waals surface area contributed by atoms with Crippen LogP contribution in [0.2, 0.25) is 0 Å². The highest BCUT2D eigenvalue weighted by Gasteiger charge is 2.26. The number of aromatic amines is 1. The number of nitrogens with one attached hydrogen (secondary N) is 1. The zero-order valence-electron chi connectivity index (χ0n) is 12.5. The number of nitrogens with zero attached hydrogens (tertiary/aromatic N) is 2. The maximum Gasteiger partial charge on any atom is 0.273 e. The van der Waals surface area contributed by atoms with Gasteiger partial charge in [-0.1, -0.05) is 6.92 Å². The lowest BCUT2D eigenvalue weighted by Crippen LogP contribution is -2.10. The number of aromatic nitrogens is 2. The molecule has 0 fully saturated rings. The first kappa shape index (κ1) is 16.3. The zero-order chi connectivity index (χ0) is 17.4. The van der Waals surface area contributed by atoms with Gasteiger partial charge in [-0.15, -0.1) is 0 Å². The predicted octanol–water partition coefficient (Wildman–Crippen LogP) is 4.17. The first-order chi connectivity index (χ1) is 11.4. The maximum absolute atomic E-state index is 14.3. The normalized spacial score (nSPS) is 11.0. The van der Waals surface area contributed by atoms with Crippen molar-refractivity contribution in [1.29, 1.82) is 0 Å². The van der Waals surface area contributed by atoms with Crippen LogP contribution in [-0.2, 0) is 6.42 Å². The number of carbonyl (C=O) groups excluding carboxylic acids is 1. The van der Waals surface area contributed by atoms with Crippen LogP contribution in [0.15, 0.2) is 35.1 Å². The quantitative estimate of drug-likeness (QED) is 0.410. The van der Waals surface area contributed by atoms with E-state index in [1.165, 1.54) is 6.20 Å². The third-order valence-electron chi connectivity index (χ3n) is 3.76. The van der Waals surface area contributed by atoms with E-state index in [0.29, 0.717) is 15.5 Å². The Balaban J connectivity index is 2.24. The van der Waals surface area contributed by atoms with E-state index in [-0.39, 0.29) is 28.8 Å². The molecule has 1 aromatic carbocycles. The lowest BCUT2D eigenvalue weighted by atomic mass is 9.95. The van der Waals surface area contributed by atoms with Crippen LogP contribution >= 0.6 is 15.9 Å². The van der Waals surface area contributed by atoms with Crippen LogP contribution in [0.5, 0.6) is 0 Å². The second-order valence-corrected chi connectivity index (χ2v) is 6.03. The van der Waals surface area contributed by atoms with Gasteiger partial charge in [0.1, 0.15) is 11.5 Å². The number of hydrogen-bond donors (Lipinski definition) is 1. The maximum atomic E-state index is 14.3. The predicted molar refractivity (Wildman–Crippen MR) is 89.7 cm³/mol. The summed E-state index contributed by atoms with van der Waals surface area (Å²) >= 11 is 3.28. The van der Waals surface area contributed by atoms with Crippen molar-refractivity contribution in [1.82, 2.24) is 9.97 Å². The fraction of sp³-hybridized carbons (Fsp3) is 0.125. The molecular formula is C16H11BrFN3O3. The number of nitro groups is 1. The molecule has 0 bridgehead atoms. The Morgan fingerprint density at radius 2 is 2.21 bits per heavy atom. The van der Waals surface area contributed by atoms with Crippen molar-refractivity contribution in [3.8, 4) is 0 Å². The van der Waals surface area contributed by atoms with Crippen LogP contribution < -0.4 is 0 Å². The molecule has 0 spiro atoms. The highest BCUT2D eigenvalue weighted by molar-refractivity contribution is 9.10. The van der Waals surface area contributed by atoms with Gasteiger partial charge in [-0.05, 0) is 34.5 Å². The third kappa shape index (κ3) is 2.58. The molecule has 1 N–H and O–H groups in total. The van der Waals surface area contributed by atoms with E-state index in [1.54, 1.807) is 19.2 Å². The molecule has 2 aromatic heterocycles. The summed E-state index contributed by atoms with van der Waals surface area (Å²) in [5.41, 5.74) is 0.245. The Morgan fingerprint density at radius 1 is 1.46 bits per heavy atom. The standard InChI is InChI=1S/C16H11BrFN3O3/c1-2-9-13(21(23)24)4-3-12(18)14(9)15(22)11-7-20-16-10(11)5-8(17)6-19-16/h3-7H,2H2,1H3,(H,19,20). The molecule has 6 nitrogen and oxygen atoms in total. The Bertz CT molecular complexity index is 984. The number of fused-ring (bicyclic) bond motifs is 1. The lowest BCUT2D eigenvalue weighted by Gasteiger charge is -2.08. The van der Waals surface area contributed by atoms with E-state index in [4.69, 9.17) is 0 Å². The molecule has 0 aliphatic carbocycles. The van der Waals surface area contributed by atoms with Crippen molar-refractivity contribution in [2.24, 2.45) is 0 Å². The fourth-order valence-corrected chi connectivity index (χ4v) is 3.01. The van der Waals surface area contributed by atoms with E-state index in [0.717, 1.165) is 12.1 Å². The number of rotatable bonds is 4. The topological polar surface area (TPSA) is 88.9 Å². The van der Waals surface area contributed by atoms with Crippen molar-refractivity contribution < 1.29 is 14.1 Å². The summed E-state index contributed by atoms with van der Waals surface area (Å²) in [5, 5.41) is 11.7. The molecular weight excluding hydrogens is 381 g/mol. The van der Waals surface area contributed by atoms with Gasteiger partial charge in [-0.3, -0.25) is 14.9 Å². The van der Waals surface area contributed by atoms with Gasteiger partial charge >= 0.3 is 0 Å². The van der Waals surface area contributed by atoms with Crippen LogP contribution in [0, 0.1) is 15.9 Å². The Labute approximate surface area is 144 Å². The summed E-state index contributed by atoms with van der Waals surface area (Å²) in [5.74, 6) is -1.39. The molecule has 24 heavy (non-hydrogen) atoms. The molecule has 0 aliphatic rings.